The first-order chi connectivity index (χ1) is 23.8. The first kappa shape index (κ1) is 32.8. The lowest BCUT2D eigenvalue weighted by Gasteiger charge is -2.16. The maximum atomic E-state index is 13.6. The quantitative estimate of drug-likeness (QED) is 0.0541. The molecule has 242 valence electrons. The normalized spacial score (nSPS) is 11.8. The summed E-state index contributed by atoms with van der Waals surface area (Å²) in [5.41, 5.74) is 2.76. The summed E-state index contributed by atoms with van der Waals surface area (Å²) in [6.45, 7) is 0. The molecular weight excluding hydrogens is 659 g/mol. The number of thioether (sulfide) groups is 1. The largest absolute Gasteiger partial charge is 0.321 e. The molecule has 0 bridgehead atoms. The molecule has 3 N–H and O–H groups in total. The zero-order chi connectivity index (χ0) is 34.2. The van der Waals surface area contributed by atoms with Gasteiger partial charge in [0.05, 0.1) is 15.1 Å². The van der Waals surface area contributed by atoms with Gasteiger partial charge in [0.1, 0.15) is 10.9 Å². The average Bonchev–Trinajstić information content (AvgIpc) is 3.54. The topological polar surface area (TPSA) is 143 Å². The van der Waals surface area contributed by atoms with Gasteiger partial charge in [-0.1, -0.05) is 72.0 Å². The van der Waals surface area contributed by atoms with Crippen molar-refractivity contribution in [3.63, 3.8) is 0 Å². The fourth-order valence-electron chi connectivity index (χ4n) is 4.75. The molecule has 12 heteroatoms. The highest BCUT2D eigenvalue weighted by Crippen LogP contribution is 2.37. The van der Waals surface area contributed by atoms with E-state index in [1.807, 2.05) is 54.6 Å². The van der Waals surface area contributed by atoms with Crippen LogP contribution in [0.1, 0.15) is 26.7 Å². The fourth-order valence-corrected chi connectivity index (χ4v) is 6.64. The number of amides is 3. The zero-order valence-corrected chi connectivity index (χ0v) is 27.2. The Kier molecular flexibility index (Phi) is 10.2. The van der Waals surface area contributed by atoms with E-state index in [0.717, 1.165) is 20.7 Å². The second-order valence-corrected chi connectivity index (χ2v) is 12.8. The summed E-state index contributed by atoms with van der Waals surface area (Å²) < 4.78 is 0.977. The molecule has 10 nitrogen and oxygen atoms in total. The fraction of sp³-hybridized carbons (Fsp3) is 0.0270. The molecule has 1 atom stereocenters. The van der Waals surface area contributed by atoms with Crippen LogP contribution in [0.5, 0.6) is 0 Å². The van der Waals surface area contributed by atoms with Crippen molar-refractivity contribution in [3.8, 4) is 0 Å². The number of nitrogens with zero attached hydrogens (tertiary/aromatic N) is 2. The highest BCUT2D eigenvalue weighted by molar-refractivity contribution is 8.00. The molecule has 0 saturated carbocycles. The van der Waals surface area contributed by atoms with Crippen LogP contribution < -0.4 is 16.0 Å². The molecule has 0 spiro atoms. The van der Waals surface area contributed by atoms with Crippen LogP contribution in [-0.2, 0) is 9.59 Å². The van der Waals surface area contributed by atoms with Gasteiger partial charge in [-0.3, -0.25) is 24.5 Å². The number of anilines is 2. The van der Waals surface area contributed by atoms with Crippen LogP contribution in [-0.4, -0.2) is 27.6 Å². The third-order valence-electron chi connectivity index (χ3n) is 7.17. The van der Waals surface area contributed by atoms with E-state index in [1.165, 1.54) is 53.4 Å². The van der Waals surface area contributed by atoms with Gasteiger partial charge in [-0.25, -0.2) is 4.98 Å². The van der Waals surface area contributed by atoms with Crippen LogP contribution in [0.15, 0.2) is 144 Å². The van der Waals surface area contributed by atoms with Crippen molar-refractivity contribution >= 4 is 73.6 Å². The Balaban J connectivity index is 1.19. The number of nitro benzene ring substituents is 1. The van der Waals surface area contributed by atoms with Crippen molar-refractivity contribution in [1.29, 1.82) is 0 Å². The molecule has 1 aromatic heterocycles. The van der Waals surface area contributed by atoms with E-state index in [0.29, 0.717) is 21.9 Å². The number of hydrogen-bond acceptors (Lipinski definition) is 8. The predicted octanol–water partition coefficient (Wildman–Crippen LogP) is 8.09. The predicted molar refractivity (Wildman–Crippen MR) is 193 cm³/mol. The summed E-state index contributed by atoms with van der Waals surface area (Å²) in [6.07, 6.45) is 1.44. The second-order valence-electron chi connectivity index (χ2n) is 10.6. The van der Waals surface area contributed by atoms with Crippen molar-refractivity contribution < 1.29 is 19.3 Å². The molecule has 6 aromatic rings. The Morgan fingerprint density at radius 3 is 2.10 bits per heavy atom. The number of thiazole rings is 1. The number of hydrogen-bond donors (Lipinski definition) is 3. The number of rotatable bonds is 11. The van der Waals surface area contributed by atoms with Crippen molar-refractivity contribution in [2.45, 2.75) is 10.1 Å². The van der Waals surface area contributed by atoms with Crippen LogP contribution in [0.2, 0.25) is 0 Å². The van der Waals surface area contributed by atoms with E-state index < -0.39 is 22.0 Å². The molecule has 0 aliphatic rings. The summed E-state index contributed by atoms with van der Waals surface area (Å²) in [4.78, 5) is 55.9. The minimum absolute atomic E-state index is 0.0585. The molecule has 0 aliphatic carbocycles. The van der Waals surface area contributed by atoms with Gasteiger partial charge < -0.3 is 16.0 Å². The number of fused-ring (bicyclic) bond motifs is 1. The second kappa shape index (κ2) is 15.2. The Bertz CT molecular complexity index is 2120. The molecule has 0 radical (unpaired) electrons. The molecule has 49 heavy (non-hydrogen) atoms. The van der Waals surface area contributed by atoms with Gasteiger partial charge in [0.15, 0.2) is 5.13 Å². The van der Waals surface area contributed by atoms with Crippen LogP contribution in [0.25, 0.3) is 16.3 Å². The zero-order valence-electron chi connectivity index (χ0n) is 25.6. The molecular formula is C37H27N5O5S2. The standard InChI is InChI=1S/C37H27N5O5S2/c43-34(26-11-5-2-6-12-26)39-31(23-24-15-19-28(20-16-24)42(46)47)35(44)38-27-17-21-29(22-18-27)48-33(25-9-3-1-4-10-25)36(45)41-37-40-30-13-7-8-14-32(30)49-37/h1-23,33H,(H,38,44)(H,39,43)(H,40,41,45)/b31-23-. The third kappa shape index (κ3) is 8.44. The number of para-hydroxylation sites is 1. The van der Waals surface area contributed by atoms with Crippen LogP contribution in [0.3, 0.4) is 0 Å². The number of nitro groups is 1. The van der Waals surface area contributed by atoms with Crippen molar-refractivity contribution in [2.24, 2.45) is 0 Å². The van der Waals surface area contributed by atoms with Crippen LogP contribution in [0, 0.1) is 10.1 Å². The smallest absolute Gasteiger partial charge is 0.272 e. The van der Waals surface area contributed by atoms with Gasteiger partial charge in [-0.05, 0) is 77.9 Å². The highest BCUT2D eigenvalue weighted by atomic mass is 32.2. The van der Waals surface area contributed by atoms with Gasteiger partial charge in [0, 0.05) is 28.3 Å². The maximum Gasteiger partial charge on any atom is 0.272 e. The Morgan fingerprint density at radius 1 is 0.776 bits per heavy atom. The number of nitrogens with one attached hydrogen (secondary N) is 3. The van der Waals surface area contributed by atoms with Crippen molar-refractivity contribution in [3.05, 3.63) is 166 Å². The van der Waals surface area contributed by atoms with Gasteiger partial charge in [-0.15, -0.1) is 11.8 Å². The van der Waals surface area contributed by atoms with Gasteiger partial charge >= 0.3 is 0 Å². The van der Waals surface area contributed by atoms with Gasteiger partial charge in [-0.2, -0.15) is 0 Å². The van der Waals surface area contributed by atoms with E-state index in [1.54, 1.807) is 54.6 Å². The highest BCUT2D eigenvalue weighted by Gasteiger charge is 2.24. The molecule has 5 aromatic carbocycles. The van der Waals surface area contributed by atoms with Crippen LogP contribution in [0.4, 0.5) is 16.5 Å². The first-order valence-electron chi connectivity index (χ1n) is 14.9. The Hall–Kier alpha value is -6.11. The summed E-state index contributed by atoms with van der Waals surface area (Å²) in [7, 11) is 0. The molecule has 0 saturated heterocycles. The monoisotopic (exact) mass is 685 g/mol. The minimum atomic E-state index is -0.597. The van der Waals surface area contributed by atoms with E-state index in [2.05, 4.69) is 20.9 Å². The minimum Gasteiger partial charge on any atom is -0.321 e. The Labute approximate surface area is 289 Å². The van der Waals surface area contributed by atoms with Gasteiger partial charge in [0.25, 0.3) is 17.5 Å². The molecule has 3 amide bonds. The van der Waals surface area contributed by atoms with Crippen LogP contribution >= 0.6 is 23.1 Å². The molecule has 1 heterocycles. The lowest BCUT2D eigenvalue weighted by molar-refractivity contribution is -0.384. The number of non-ortho nitro benzene ring substituents is 1. The maximum absolute atomic E-state index is 13.6. The molecule has 6 rings (SSSR count). The number of aromatic nitrogens is 1. The molecule has 0 fully saturated rings. The van der Waals surface area contributed by atoms with E-state index in [4.69, 9.17) is 0 Å². The van der Waals surface area contributed by atoms with Crippen molar-refractivity contribution in [1.82, 2.24) is 10.3 Å². The van der Waals surface area contributed by atoms with Gasteiger partial charge in [0.2, 0.25) is 5.91 Å². The molecule has 0 aliphatic heterocycles. The lowest BCUT2D eigenvalue weighted by Crippen LogP contribution is -2.30. The van der Waals surface area contributed by atoms with E-state index in [9.17, 15) is 24.5 Å². The molecule has 1 unspecified atom stereocenters. The number of benzene rings is 5. The summed E-state index contributed by atoms with van der Waals surface area (Å²) in [5.74, 6) is -1.31. The first-order valence-corrected chi connectivity index (χ1v) is 16.6. The number of carbonyl (C=O) groups is 3. The number of carbonyl (C=O) groups excluding carboxylic acids is 3. The summed E-state index contributed by atoms with van der Waals surface area (Å²) >= 11 is 2.77. The Morgan fingerprint density at radius 2 is 1.43 bits per heavy atom. The SMILES string of the molecule is O=C(Nc1ccc(SC(C(=O)Nc2nc3ccccc3s2)c2ccccc2)cc1)/C(=C/c1ccc([N+](=O)[O-])cc1)NC(=O)c1ccccc1. The average molecular weight is 686 g/mol. The lowest BCUT2D eigenvalue weighted by atomic mass is 10.1. The summed E-state index contributed by atoms with van der Waals surface area (Å²) in [5, 5.41) is 19.5. The van der Waals surface area contributed by atoms with E-state index in [-0.39, 0.29) is 17.3 Å². The third-order valence-corrected chi connectivity index (χ3v) is 9.39. The van der Waals surface area contributed by atoms with Crippen molar-refractivity contribution in [2.75, 3.05) is 10.6 Å². The van der Waals surface area contributed by atoms with E-state index >= 15 is 0 Å². The summed E-state index contributed by atoms with van der Waals surface area (Å²) in [6, 6.07) is 38.2.